The Morgan fingerprint density at radius 2 is 2.10 bits per heavy atom. The summed E-state index contributed by atoms with van der Waals surface area (Å²) in [6, 6.07) is 0. The van der Waals surface area contributed by atoms with Crippen molar-refractivity contribution in [1.29, 1.82) is 0 Å². The maximum absolute atomic E-state index is 12.7. The molecule has 0 radical (unpaired) electrons. The number of aromatic nitrogens is 3. The third-order valence-corrected chi connectivity index (χ3v) is 3.18. The molecule has 0 atom stereocenters. The van der Waals surface area contributed by atoms with Crippen molar-refractivity contribution >= 4 is 5.91 Å². The molecule has 1 aromatic heterocycles. The fourth-order valence-electron chi connectivity index (χ4n) is 2.15. The first-order valence-corrected chi connectivity index (χ1v) is 6.35. The van der Waals surface area contributed by atoms with Crippen LogP contribution in [0.5, 0.6) is 0 Å². The van der Waals surface area contributed by atoms with E-state index in [-0.39, 0.29) is 31.4 Å². The standard InChI is InChI=1S/C11H16F3N5O/c1-15-4-2-3-9(20)18-5-6-19-8(7-18)16-17-10(19)11(12,13)14/h15H,2-7H2,1H3. The van der Waals surface area contributed by atoms with E-state index in [0.29, 0.717) is 12.8 Å². The summed E-state index contributed by atoms with van der Waals surface area (Å²) in [4.78, 5) is 13.4. The minimum atomic E-state index is -4.51. The van der Waals surface area contributed by atoms with Gasteiger partial charge in [-0.25, -0.2) is 0 Å². The Labute approximate surface area is 114 Å². The van der Waals surface area contributed by atoms with Gasteiger partial charge in [-0.1, -0.05) is 0 Å². The van der Waals surface area contributed by atoms with Gasteiger partial charge >= 0.3 is 6.18 Å². The van der Waals surface area contributed by atoms with Crippen LogP contribution in [0, 0.1) is 0 Å². The highest BCUT2D eigenvalue weighted by Gasteiger charge is 2.39. The van der Waals surface area contributed by atoms with Crippen molar-refractivity contribution in [2.75, 3.05) is 20.1 Å². The highest BCUT2D eigenvalue weighted by Crippen LogP contribution is 2.29. The van der Waals surface area contributed by atoms with Gasteiger partial charge in [-0.3, -0.25) is 4.79 Å². The second-order valence-corrected chi connectivity index (χ2v) is 4.61. The van der Waals surface area contributed by atoms with Gasteiger partial charge in [-0.05, 0) is 20.0 Å². The minimum Gasteiger partial charge on any atom is -0.333 e. The van der Waals surface area contributed by atoms with Gasteiger partial charge in [0, 0.05) is 19.5 Å². The Balaban J connectivity index is 2.02. The van der Waals surface area contributed by atoms with Crippen LogP contribution in [-0.4, -0.2) is 45.7 Å². The molecular weight excluding hydrogens is 275 g/mol. The van der Waals surface area contributed by atoms with Crippen molar-refractivity contribution < 1.29 is 18.0 Å². The van der Waals surface area contributed by atoms with E-state index in [0.717, 1.165) is 11.1 Å². The monoisotopic (exact) mass is 291 g/mol. The molecule has 2 rings (SSSR count). The van der Waals surface area contributed by atoms with Gasteiger partial charge in [0.2, 0.25) is 11.7 Å². The second kappa shape index (κ2) is 5.78. The fraction of sp³-hybridized carbons (Fsp3) is 0.727. The number of amides is 1. The van der Waals surface area contributed by atoms with Crippen molar-refractivity contribution in [2.24, 2.45) is 0 Å². The van der Waals surface area contributed by atoms with E-state index in [4.69, 9.17) is 0 Å². The maximum Gasteiger partial charge on any atom is 0.451 e. The van der Waals surface area contributed by atoms with Crippen molar-refractivity contribution in [3.63, 3.8) is 0 Å². The highest BCUT2D eigenvalue weighted by atomic mass is 19.4. The summed E-state index contributed by atoms with van der Waals surface area (Å²) in [5.74, 6) is -0.872. The molecular formula is C11H16F3N5O. The summed E-state index contributed by atoms with van der Waals surface area (Å²) in [5.41, 5.74) is 0. The van der Waals surface area contributed by atoms with Crippen LogP contribution in [-0.2, 0) is 24.1 Å². The lowest BCUT2D eigenvalue weighted by Crippen LogP contribution is -2.39. The molecule has 1 amide bonds. The number of rotatable bonds is 4. The molecule has 0 aliphatic carbocycles. The van der Waals surface area contributed by atoms with E-state index in [1.54, 1.807) is 7.05 Å². The first kappa shape index (κ1) is 14.8. The van der Waals surface area contributed by atoms with Crippen LogP contribution in [0.3, 0.4) is 0 Å². The van der Waals surface area contributed by atoms with Gasteiger partial charge in [0.1, 0.15) is 0 Å². The number of halogens is 3. The Kier molecular flexibility index (Phi) is 4.26. The predicted molar refractivity (Wildman–Crippen MR) is 63.6 cm³/mol. The van der Waals surface area contributed by atoms with Gasteiger partial charge in [0.25, 0.3) is 0 Å². The predicted octanol–water partition coefficient (Wildman–Crippen LogP) is 0.639. The first-order chi connectivity index (χ1) is 9.43. The number of alkyl halides is 3. The number of nitrogens with zero attached hydrogens (tertiary/aromatic N) is 4. The summed E-state index contributed by atoms with van der Waals surface area (Å²) < 4.78 is 39.0. The van der Waals surface area contributed by atoms with Crippen molar-refractivity contribution in [2.45, 2.75) is 32.1 Å². The second-order valence-electron chi connectivity index (χ2n) is 4.61. The molecule has 112 valence electrons. The number of hydrogen-bond acceptors (Lipinski definition) is 4. The molecule has 9 heteroatoms. The highest BCUT2D eigenvalue weighted by molar-refractivity contribution is 5.76. The molecule has 1 N–H and O–H groups in total. The molecule has 0 fully saturated rings. The van der Waals surface area contributed by atoms with Crippen LogP contribution >= 0.6 is 0 Å². The number of carbonyl (C=O) groups excluding carboxylic acids is 1. The van der Waals surface area contributed by atoms with E-state index in [2.05, 4.69) is 15.5 Å². The quantitative estimate of drug-likeness (QED) is 0.827. The normalized spacial score (nSPS) is 15.3. The van der Waals surface area contributed by atoms with E-state index in [1.165, 1.54) is 4.90 Å². The van der Waals surface area contributed by atoms with Crippen LogP contribution < -0.4 is 5.32 Å². The molecule has 0 saturated carbocycles. The van der Waals surface area contributed by atoms with Gasteiger partial charge in [0.05, 0.1) is 6.54 Å². The molecule has 20 heavy (non-hydrogen) atoms. The number of hydrogen-bond donors (Lipinski definition) is 1. The van der Waals surface area contributed by atoms with Gasteiger partial charge in [0.15, 0.2) is 5.82 Å². The van der Waals surface area contributed by atoms with E-state index >= 15 is 0 Å². The average molecular weight is 291 g/mol. The third kappa shape index (κ3) is 3.09. The van der Waals surface area contributed by atoms with E-state index in [9.17, 15) is 18.0 Å². The lowest BCUT2D eigenvalue weighted by atomic mass is 10.2. The topological polar surface area (TPSA) is 63.1 Å². The van der Waals surface area contributed by atoms with Crippen molar-refractivity contribution in [1.82, 2.24) is 25.0 Å². The molecule has 0 aromatic carbocycles. The summed E-state index contributed by atoms with van der Waals surface area (Å²) in [6.45, 7) is 1.15. The largest absolute Gasteiger partial charge is 0.451 e. The molecule has 0 spiro atoms. The molecule has 0 saturated heterocycles. The van der Waals surface area contributed by atoms with E-state index in [1.807, 2.05) is 0 Å². The van der Waals surface area contributed by atoms with E-state index < -0.39 is 12.0 Å². The van der Waals surface area contributed by atoms with Crippen LogP contribution in [0.1, 0.15) is 24.5 Å². The van der Waals surface area contributed by atoms with Crippen LogP contribution in [0.25, 0.3) is 0 Å². The summed E-state index contributed by atoms with van der Waals surface area (Å²) in [7, 11) is 1.80. The molecule has 1 aliphatic heterocycles. The summed E-state index contributed by atoms with van der Waals surface area (Å²) >= 11 is 0. The molecule has 1 aliphatic rings. The van der Waals surface area contributed by atoms with Crippen molar-refractivity contribution in [3.05, 3.63) is 11.6 Å². The summed E-state index contributed by atoms with van der Waals surface area (Å²) in [5, 5.41) is 9.66. The molecule has 0 bridgehead atoms. The first-order valence-electron chi connectivity index (χ1n) is 6.35. The molecule has 1 aromatic rings. The van der Waals surface area contributed by atoms with Crippen LogP contribution in [0.15, 0.2) is 0 Å². The molecule has 6 nitrogen and oxygen atoms in total. The Morgan fingerprint density at radius 1 is 1.35 bits per heavy atom. The zero-order valence-electron chi connectivity index (χ0n) is 11.1. The third-order valence-electron chi connectivity index (χ3n) is 3.18. The Morgan fingerprint density at radius 3 is 2.75 bits per heavy atom. The zero-order chi connectivity index (χ0) is 14.8. The minimum absolute atomic E-state index is 0.0666. The molecule has 0 unspecified atom stereocenters. The lowest BCUT2D eigenvalue weighted by Gasteiger charge is -2.28. The van der Waals surface area contributed by atoms with Crippen LogP contribution in [0.2, 0.25) is 0 Å². The van der Waals surface area contributed by atoms with Gasteiger partial charge < -0.3 is 14.8 Å². The average Bonchev–Trinajstić information content (AvgIpc) is 2.81. The molecule has 2 heterocycles. The van der Waals surface area contributed by atoms with Gasteiger partial charge in [-0.2, -0.15) is 13.2 Å². The number of carbonyl (C=O) groups is 1. The maximum atomic E-state index is 12.7. The van der Waals surface area contributed by atoms with Crippen LogP contribution in [0.4, 0.5) is 13.2 Å². The SMILES string of the molecule is CNCCCC(=O)N1CCn2c(nnc2C(F)(F)F)C1. The summed E-state index contributed by atoms with van der Waals surface area (Å²) in [6.07, 6.45) is -3.43. The Hall–Kier alpha value is -1.64. The fourth-order valence-corrected chi connectivity index (χ4v) is 2.15. The smallest absolute Gasteiger partial charge is 0.333 e. The van der Waals surface area contributed by atoms with Crippen molar-refractivity contribution in [3.8, 4) is 0 Å². The Bertz CT molecular complexity index is 485. The number of fused-ring (bicyclic) bond motifs is 1. The lowest BCUT2D eigenvalue weighted by molar-refractivity contribution is -0.148. The van der Waals surface area contributed by atoms with Gasteiger partial charge in [-0.15, -0.1) is 10.2 Å². The number of nitrogens with one attached hydrogen (secondary N) is 1. The zero-order valence-corrected chi connectivity index (χ0v) is 11.1.